The second kappa shape index (κ2) is 6.93. The number of sulfonamides is 1. The third-order valence-electron chi connectivity index (χ3n) is 5.66. The fourth-order valence-corrected chi connectivity index (χ4v) is 5.50. The molecule has 0 amide bonds. The van der Waals surface area contributed by atoms with Gasteiger partial charge in [0, 0.05) is 19.3 Å². The highest BCUT2D eigenvalue weighted by Crippen LogP contribution is 2.33. The number of H-pyrrole nitrogens is 1. The first-order valence-electron chi connectivity index (χ1n) is 9.66. The molecule has 0 bridgehead atoms. The minimum absolute atomic E-state index is 0.175. The van der Waals surface area contributed by atoms with Crippen molar-refractivity contribution in [3.8, 4) is 11.4 Å². The topological polar surface area (TPSA) is 109 Å². The highest BCUT2D eigenvalue weighted by atomic mass is 32.2. The summed E-state index contributed by atoms with van der Waals surface area (Å²) in [4.78, 5) is 19.1. The smallest absolute Gasteiger partial charge is 0.259 e. The Morgan fingerprint density at radius 2 is 1.90 bits per heavy atom. The number of fused-ring (bicyclic) bond motifs is 1. The molecule has 1 saturated heterocycles. The normalized spacial score (nSPS) is 17.7. The number of hydrogen-bond donors (Lipinski definition) is 1. The van der Waals surface area contributed by atoms with Crippen molar-refractivity contribution in [2.45, 2.75) is 36.5 Å². The summed E-state index contributed by atoms with van der Waals surface area (Å²) in [7, 11) is -3.54. The van der Waals surface area contributed by atoms with E-state index in [-0.39, 0.29) is 30.4 Å². The molecule has 0 radical (unpaired) electrons. The maximum absolute atomic E-state index is 13.0. The predicted octanol–water partition coefficient (Wildman–Crippen LogP) is 2.09. The quantitative estimate of drug-likeness (QED) is 0.703. The molecule has 0 atom stereocenters. The summed E-state index contributed by atoms with van der Waals surface area (Å²) in [6, 6.07) is 8.77. The van der Waals surface area contributed by atoms with Gasteiger partial charge < -0.3 is 9.51 Å². The standard InChI is InChI=1S/C20H20N4O4S/c25-19-17(6-3-9-21-19)18-22-20(28-23-18)15-11-24(12-15)29(26,27)16-8-7-13-4-1-2-5-14(13)10-16/h3,6-10,15H,1-2,4-5,11-12H2,(H,21,25). The van der Waals surface area contributed by atoms with E-state index < -0.39 is 10.0 Å². The van der Waals surface area contributed by atoms with Crippen molar-refractivity contribution in [1.29, 1.82) is 0 Å². The van der Waals surface area contributed by atoms with Gasteiger partial charge in [0.05, 0.1) is 16.4 Å². The highest BCUT2D eigenvalue weighted by Gasteiger charge is 2.40. The van der Waals surface area contributed by atoms with Crippen LogP contribution in [0.25, 0.3) is 11.4 Å². The summed E-state index contributed by atoms with van der Waals surface area (Å²) in [5.74, 6) is 0.379. The molecule has 150 valence electrons. The van der Waals surface area contributed by atoms with Crippen molar-refractivity contribution in [2.75, 3.05) is 13.1 Å². The molecular formula is C20H20N4O4S. The van der Waals surface area contributed by atoms with Crippen LogP contribution in [0.3, 0.4) is 0 Å². The lowest BCUT2D eigenvalue weighted by Gasteiger charge is -2.36. The lowest BCUT2D eigenvalue weighted by Crippen LogP contribution is -2.48. The minimum Gasteiger partial charge on any atom is -0.339 e. The number of aromatic amines is 1. The Morgan fingerprint density at radius 1 is 1.10 bits per heavy atom. The summed E-state index contributed by atoms with van der Waals surface area (Å²) in [5.41, 5.74) is 2.42. The zero-order chi connectivity index (χ0) is 20.0. The fraction of sp³-hybridized carbons (Fsp3) is 0.350. The zero-order valence-corrected chi connectivity index (χ0v) is 16.5. The number of aromatic nitrogens is 3. The molecule has 2 aliphatic rings. The summed E-state index contributed by atoms with van der Waals surface area (Å²) in [6.45, 7) is 0.568. The highest BCUT2D eigenvalue weighted by molar-refractivity contribution is 7.89. The van der Waals surface area contributed by atoms with E-state index in [0.29, 0.717) is 16.3 Å². The summed E-state index contributed by atoms with van der Waals surface area (Å²) < 4.78 is 32.6. The second-order valence-electron chi connectivity index (χ2n) is 7.53. The number of hydrogen-bond acceptors (Lipinski definition) is 6. The summed E-state index contributed by atoms with van der Waals surface area (Å²) >= 11 is 0. The Bertz CT molecular complexity index is 1230. The lowest BCUT2D eigenvalue weighted by molar-refractivity contribution is 0.217. The molecule has 1 aliphatic heterocycles. The largest absolute Gasteiger partial charge is 0.339 e. The molecule has 0 unspecified atom stereocenters. The number of rotatable bonds is 4. The van der Waals surface area contributed by atoms with Gasteiger partial charge in [-0.15, -0.1) is 0 Å². The molecule has 1 aliphatic carbocycles. The van der Waals surface area contributed by atoms with E-state index >= 15 is 0 Å². The zero-order valence-electron chi connectivity index (χ0n) is 15.7. The average Bonchev–Trinajstić information content (AvgIpc) is 3.16. The van der Waals surface area contributed by atoms with Gasteiger partial charge in [-0.3, -0.25) is 4.79 Å². The Balaban J connectivity index is 1.32. The molecule has 8 nitrogen and oxygen atoms in total. The Morgan fingerprint density at radius 3 is 2.69 bits per heavy atom. The van der Waals surface area contributed by atoms with Crippen LogP contribution >= 0.6 is 0 Å². The van der Waals surface area contributed by atoms with Gasteiger partial charge in [0.15, 0.2) is 0 Å². The number of aryl methyl sites for hydroxylation is 2. The molecule has 0 spiro atoms. The predicted molar refractivity (Wildman–Crippen MR) is 105 cm³/mol. The number of benzene rings is 1. The monoisotopic (exact) mass is 412 g/mol. The van der Waals surface area contributed by atoms with Crippen LogP contribution in [0, 0.1) is 0 Å². The second-order valence-corrected chi connectivity index (χ2v) is 9.46. The van der Waals surface area contributed by atoms with E-state index in [4.69, 9.17) is 4.52 Å². The van der Waals surface area contributed by atoms with Gasteiger partial charge in [0.2, 0.25) is 21.7 Å². The average molecular weight is 412 g/mol. The molecular weight excluding hydrogens is 392 g/mol. The number of nitrogens with one attached hydrogen (secondary N) is 1. The van der Waals surface area contributed by atoms with Crippen LogP contribution in [0.4, 0.5) is 0 Å². The molecule has 3 heterocycles. The van der Waals surface area contributed by atoms with Gasteiger partial charge in [-0.2, -0.15) is 9.29 Å². The molecule has 0 saturated carbocycles. The first-order valence-corrected chi connectivity index (χ1v) is 11.1. The van der Waals surface area contributed by atoms with Gasteiger partial charge in [-0.1, -0.05) is 11.2 Å². The minimum atomic E-state index is -3.54. The van der Waals surface area contributed by atoms with E-state index in [9.17, 15) is 13.2 Å². The number of pyridine rings is 1. The van der Waals surface area contributed by atoms with E-state index in [1.807, 2.05) is 12.1 Å². The van der Waals surface area contributed by atoms with E-state index in [2.05, 4.69) is 15.1 Å². The molecule has 9 heteroatoms. The van der Waals surface area contributed by atoms with Crippen molar-refractivity contribution >= 4 is 10.0 Å². The first-order chi connectivity index (χ1) is 14.0. The van der Waals surface area contributed by atoms with Crippen molar-refractivity contribution in [3.63, 3.8) is 0 Å². The Hall–Kier alpha value is -2.78. The number of nitrogens with zero attached hydrogens (tertiary/aromatic N) is 3. The van der Waals surface area contributed by atoms with Crippen LogP contribution in [-0.4, -0.2) is 40.9 Å². The maximum Gasteiger partial charge on any atom is 0.259 e. The van der Waals surface area contributed by atoms with Crippen molar-refractivity contribution in [2.24, 2.45) is 0 Å². The van der Waals surface area contributed by atoms with Crippen LogP contribution in [0.5, 0.6) is 0 Å². The fourth-order valence-electron chi connectivity index (χ4n) is 3.92. The third-order valence-corrected chi connectivity index (χ3v) is 7.48. The van der Waals surface area contributed by atoms with Gasteiger partial charge in [0.1, 0.15) is 0 Å². The first kappa shape index (κ1) is 18.3. The van der Waals surface area contributed by atoms with Gasteiger partial charge >= 0.3 is 0 Å². The lowest BCUT2D eigenvalue weighted by atomic mass is 9.92. The summed E-state index contributed by atoms with van der Waals surface area (Å²) in [5, 5.41) is 3.87. The SMILES string of the molecule is O=c1[nH]cccc1-c1noc(C2CN(S(=O)(=O)c3ccc4c(c3)CCCC4)C2)n1. The van der Waals surface area contributed by atoms with E-state index in [0.717, 1.165) is 31.2 Å². The van der Waals surface area contributed by atoms with Gasteiger partial charge in [-0.05, 0) is 61.1 Å². The van der Waals surface area contributed by atoms with E-state index in [1.54, 1.807) is 18.2 Å². The molecule has 2 aromatic heterocycles. The molecule has 1 fully saturated rings. The Labute approximate surface area is 167 Å². The molecule has 5 rings (SSSR count). The van der Waals surface area contributed by atoms with Gasteiger partial charge in [-0.25, -0.2) is 8.42 Å². The molecule has 1 aromatic carbocycles. The van der Waals surface area contributed by atoms with Crippen molar-refractivity contribution < 1.29 is 12.9 Å². The van der Waals surface area contributed by atoms with Crippen LogP contribution in [0.15, 0.2) is 50.7 Å². The van der Waals surface area contributed by atoms with Crippen molar-refractivity contribution in [1.82, 2.24) is 19.4 Å². The van der Waals surface area contributed by atoms with Crippen molar-refractivity contribution in [3.05, 3.63) is 63.9 Å². The molecule has 3 aromatic rings. The molecule has 29 heavy (non-hydrogen) atoms. The van der Waals surface area contributed by atoms with Crippen LogP contribution < -0.4 is 5.56 Å². The van der Waals surface area contributed by atoms with Crippen LogP contribution in [0.1, 0.15) is 35.8 Å². The van der Waals surface area contributed by atoms with E-state index in [1.165, 1.54) is 16.1 Å². The van der Waals surface area contributed by atoms with Crippen LogP contribution in [0.2, 0.25) is 0 Å². The van der Waals surface area contributed by atoms with Crippen LogP contribution in [-0.2, 0) is 22.9 Å². The summed E-state index contributed by atoms with van der Waals surface area (Å²) in [6.07, 6.45) is 5.75. The Kier molecular flexibility index (Phi) is 4.36. The molecule has 1 N–H and O–H groups in total. The maximum atomic E-state index is 13.0. The van der Waals surface area contributed by atoms with Gasteiger partial charge in [0.25, 0.3) is 5.56 Å². The third kappa shape index (κ3) is 3.20.